The maximum Gasteiger partial charge on any atom is 0.224 e. The summed E-state index contributed by atoms with van der Waals surface area (Å²) in [6, 6.07) is 15.9. The predicted molar refractivity (Wildman–Crippen MR) is 115 cm³/mol. The van der Waals surface area contributed by atoms with E-state index in [9.17, 15) is 4.79 Å². The predicted octanol–water partition coefficient (Wildman–Crippen LogP) is 3.66. The molecule has 0 spiro atoms. The van der Waals surface area contributed by atoms with Crippen LogP contribution in [0.15, 0.2) is 48.5 Å². The second-order valence-corrected chi connectivity index (χ2v) is 7.61. The van der Waals surface area contributed by atoms with Crippen molar-refractivity contribution in [3.8, 4) is 11.5 Å². The molecule has 2 aromatic rings. The zero-order valence-corrected chi connectivity index (χ0v) is 17.5. The molecule has 0 unspecified atom stereocenters. The number of benzene rings is 2. The average molecular weight is 397 g/mol. The number of methoxy groups -OCH3 is 1. The van der Waals surface area contributed by atoms with Gasteiger partial charge in [-0.2, -0.15) is 0 Å². The Kier molecular flexibility index (Phi) is 7.94. The number of nitrogens with zero attached hydrogens (tertiary/aromatic N) is 1. The summed E-state index contributed by atoms with van der Waals surface area (Å²) in [5, 5.41) is 3.12. The van der Waals surface area contributed by atoms with E-state index < -0.39 is 0 Å². The number of para-hydroxylation sites is 1. The number of rotatable bonds is 9. The lowest BCUT2D eigenvalue weighted by Gasteiger charge is -2.33. The van der Waals surface area contributed by atoms with Gasteiger partial charge in [0.2, 0.25) is 5.91 Å². The fourth-order valence-electron chi connectivity index (χ4n) is 3.88. The van der Waals surface area contributed by atoms with Crippen molar-refractivity contribution < 1.29 is 14.3 Å². The highest BCUT2D eigenvalue weighted by molar-refractivity contribution is 5.78. The molecule has 0 bridgehead atoms. The van der Waals surface area contributed by atoms with Crippen LogP contribution in [0.25, 0.3) is 0 Å². The molecule has 2 aromatic carbocycles. The summed E-state index contributed by atoms with van der Waals surface area (Å²) in [5.74, 6) is 2.35. The van der Waals surface area contributed by atoms with Crippen LogP contribution in [0.4, 0.5) is 0 Å². The van der Waals surface area contributed by atoms with Gasteiger partial charge in [-0.3, -0.25) is 9.69 Å². The molecule has 5 heteroatoms. The van der Waals surface area contributed by atoms with E-state index in [0.717, 1.165) is 56.1 Å². The van der Waals surface area contributed by atoms with Gasteiger partial charge in [0.15, 0.2) is 0 Å². The second kappa shape index (κ2) is 10.9. The molecule has 5 nitrogen and oxygen atoms in total. The highest BCUT2D eigenvalue weighted by Crippen LogP contribution is 2.23. The SMILES string of the molecule is CCOc1ccccc1CN1CCC[C@H](CNC(=O)Cc2ccc(OC)cc2)C1. The van der Waals surface area contributed by atoms with Gasteiger partial charge < -0.3 is 14.8 Å². The largest absolute Gasteiger partial charge is 0.497 e. The van der Waals surface area contributed by atoms with Crippen molar-refractivity contribution in [2.45, 2.75) is 32.7 Å². The molecule has 1 atom stereocenters. The van der Waals surface area contributed by atoms with Crippen molar-refractivity contribution >= 4 is 5.91 Å². The summed E-state index contributed by atoms with van der Waals surface area (Å²) < 4.78 is 10.9. The van der Waals surface area contributed by atoms with Crippen LogP contribution < -0.4 is 14.8 Å². The normalized spacial score (nSPS) is 17.0. The molecule has 0 saturated carbocycles. The van der Waals surface area contributed by atoms with E-state index >= 15 is 0 Å². The first-order valence-corrected chi connectivity index (χ1v) is 10.5. The smallest absolute Gasteiger partial charge is 0.224 e. The van der Waals surface area contributed by atoms with Gasteiger partial charge in [0.25, 0.3) is 0 Å². The van der Waals surface area contributed by atoms with Crippen molar-refractivity contribution in [2.75, 3.05) is 33.4 Å². The Morgan fingerprint density at radius 3 is 2.72 bits per heavy atom. The van der Waals surface area contributed by atoms with E-state index in [-0.39, 0.29) is 5.91 Å². The number of hydrogen-bond acceptors (Lipinski definition) is 4. The number of likely N-dealkylation sites (tertiary alicyclic amines) is 1. The van der Waals surface area contributed by atoms with Crippen molar-refractivity contribution in [2.24, 2.45) is 5.92 Å². The van der Waals surface area contributed by atoms with Gasteiger partial charge in [-0.05, 0) is 56.0 Å². The zero-order chi connectivity index (χ0) is 20.5. The first-order valence-electron chi connectivity index (χ1n) is 10.5. The van der Waals surface area contributed by atoms with Crippen molar-refractivity contribution in [3.63, 3.8) is 0 Å². The molecule has 1 heterocycles. The number of piperidine rings is 1. The van der Waals surface area contributed by atoms with Crippen molar-refractivity contribution in [3.05, 3.63) is 59.7 Å². The standard InChI is InChI=1S/C24H32N2O3/c1-3-29-23-9-5-4-8-21(23)18-26-14-6-7-20(17-26)16-25-24(27)15-19-10-12-22(28-2)13-11-19/h4-5,8-13,20H,3,6-7,14-18H2,1-2H3,(H,25,27)/t20-/m1/s1. The fourth-order valence-corrected chi connectivity index (χ4v) is 3.88. The van der Waals surface area contributed by atoms with Crippen LogP contribution in [0, 0.1) is 5.92 Å². The molecule has 1 aliphatic heterocycles. The quantitative estimate of drug-likeness (QED) is 0.703. The van der Waals surface area contributed by atoms with E-state index in [2.05, 4.69) is 22.3 Å². The van der Waals surface area contributed by atoms with Crippen LogP contribution in [0.3, 0.4) is 0 Å². The van der Waals surface area contributed by atoms with Crippen LogP contribution in [0.5, 0.6) is 11.5 Å². The summed E-state index contributed by atoms with van der Waals surface area (Å²) in [6.07, 6.45) is 2.73. The van der Waals surface area contributed by atoms with E-state index in [1.807, 2.05) is 43.3 Å². The lowest BCUT2D eigenvalue weighted by Crippen LogP contribution is -2.40. The minimum Gasteiger partial charge on any atom is -0.497 e. The molecule has 1 N–H and O–H groups in total. The molecule has 3 rings (SSSR count). The Hall–Kier alpha value is -2.53. The minimum absolute atomic E-state index is 0.0778. The molecule has 156 valence electrons. The molecule has 1 saturated heterocycles. The number of nitrogens with one attached hydrogen (secondary N) is 1. The van der Waals surface area contributed by atoms with Gasteiger partial charge >= 0.3 is 0 Å². The molecule has 29 heavy (non-hydrogen) atoms. The topological polar surface area (TPSA) is 50.8 Å². The highest BCUT2D eigenvalue weighted by atomic mass is 16.5. The van der Waals surface area contributed by atoms with Gasteiger partial charge in [-0.15, -0.1) is 0 Å². The Labute approximate surface area is 174 Å². The van der Waals surface area contributed by atoms with E-state index in [4.69, 9.17) is 9.47 Å². The van der Waals surface area contributed by atoms with Gasteiger partial charge in [-0.25, -0.2) is 0 Å². The van der Waals surface area contributed by atoms with Gasteiger partial charge in [0.1, 0.15) is 11.5 Å². The van der Waals surface area contributed by atoms with E-state index in [1.165, 1.54) is 5.56 Å². The maximum absolute atomic E-state index is 12.3. The van der Waals surface area contributed by atoms with Crippen LogP contribution in [-0.4, -0.2) is 44.2 Å². The van der Waals surface area contributed by atoms with Gasteiger partial charge in [0, 0.05) is 25.2 Å². The average Bonchev–Trinajstić information content (AvgIpc) is 2.75. The third-order valence-electron chi connectivity index (χ3n) is 5.38. The van der Waals surface area contributed by atoms with Crippen molar-refractivity contribution in [1.29, 1.82) is 0 Å². The third kappa shape index (κ3) is 6.50. The van der Waals surface area contributed by atoms with Crippen LogP contribution in [0.1, 0.15) is 30.9 Å². The summed E-state index contributed by atoms with van der Waals surface area (Å²) in [4.78, 5) is 14.8. The number of hydrogen-bond donors (Lipinski definition) is 1. The molecule has 0 aromatic heterocycles. The van der Waals surface area contributed by atoms with E-state index in [1.54, 1.807) is 7.11 Å². The molecule has 1 aliphatic rings. The van der Waals surface area contributed by atoms with Crippen LogP contribution in [-0.2, 0) is 17.8 Å². The first-order chi connectivity index (χ1) is 14.2. The summed E-state index contributed by atoms with van der Waals surface area (Å²) in [7, 11) is 1.64. The summed E-state index contributed by atoms with van der Waals surface area (Å²) in [6.45, 7) is 6.42. The molecular weight excluding hydrogens is 364 g/mol. The van der Waals surface area contributed by atoms with E-state index in [0.29, 0.717) is 18.9 Å². The number of carbonyl (C=O) groups is 1. The molecule has 1 fully saturated rings. The second-order valence-electron chi connectivity index (χ2n) is 7.61. The van der Waals surface area contributed by atoms with Crippen LogP contribution in [0.2, 0.25) is 0 Å². The first kappa shape index (κ1) is 21.2. The molecule has 1 amide bonds. The Bertz CT molecular complexity index is 776. The maximum atomic E-state index is 12.3. The summed E-state index contributed by atoms with van der Waals surface area (Å²) in [5.41, 5.74) is 2.24. The molecule has 0 aliphatic carbocycles. The Balaban J connectivity index is 1.46. The Morgan fingerprint density at radius 2 is 1.97 bits per heavy atom. The zero-order valence-electron chi connectivity index (χ0n) is 17.5. The van der Waals surface area contributed by atoms with Gasteiger partial charge in [0.05, 0.1) is 20.1 Å². The summed E-state index contributed by atoms with van der Waals surface area (Å²) >= 11 is 0. The Morgan fingerprint density at radius 1 is 1.17 bits per heavy atom. The fraction of sp³-hybridized carbons (Fsp3) is 0.458. The molecular formula is C24H32N2O3. The monoisotopic (exact) mass is 396 g/mol. The third-order valence-corrected chi connectivity index (χ3v) is 5.38. The number of carbonyl (C=O) groups excluding carboxylic acids is 1. The van der Waals surface area contributed by atoms with Gasteiger partial charge in [-0.1, -0.05) is 30.3 Å². The molecule has 0 radical (unpaired) electrons. The lowest BCUT2D eigenvalue weighted by molar-refractivity contribution is -0.120. The number of amides is 1. The highest BCUT2D eigenvalue weighted by Gasteiger charge is 2.21. The van der Waals surface area contributed by atoms with Crippen LogP contribution >= 0.6 is 0 Å². The lowest BCUT2D eigenvalue weighted by atomic mass is 9.97. The minimum atomic E-state index is 0.0778. The van der Waals surface area contributed by atoms with Crippen molar-refractivity contribution in [1.82, 2.24) is 10.2 Å². The number of ether oxygens (including phenoxy) is 2.